The Bertz CT molecular complexity index is 830. The first-order valence-electron chi connectivity index (χ1n) is 8.38. The second-order valence-corrected chi connectivity index (χ2v) is 7.23. The standard InChI is InChI=1S/C19H23ClN2O4/c1-6-25-17(23)13-10-12-8-7-9-14(20)16(12)22-15(13)11(2)21-18(24)26-19(3,4)5/h7-11H,6H2,1-5H3,(H,21,24)/t11-/m0/s1. The highest BCUT2D eigenvalue weighted by atomic mass is 35.5. The molecule has 1 heterocycles. The van der Waals surface area contributed by atoms with Gasteiger partial charge in [-0.15, -0.1) is 0 Å². The van der Waals surface area contributed by atoms with Crippen LogP contribution in [0.3, 0.4) is 0 Å². The van der Waals surface area contributed by atoms with Gasteiger partial charge in [0, 0.05) is 5.39 Å². The van der Waals surface area contributed by atoms with E-state index >= 15 is 0 Å². The van der Waals surface area contributed by atoms with E-state index in [-0.39, 0.29) is 12.2 Å². The first-order valence-corrected chi connectivity index (χ1v) is 8.76. The van der Waals surface area contributed by atoms with E-state index in [2.05, 4.69) is 10.3 Å². The molecule has 1 N–H and O–H groups in total. The van der Waals surface area contributed by atoms with E-state index in [0.29, 0.717) is 21.6 Å². The number of rotatable bonds is 4. The molecule has 0 saturated heterocycles. The van der Waals surface area contributed by atoms with Gasteiger partial charge in [-0.3, -0.25) is 0 Å². The molecule has 0 aliphatic carbocycles. The molecule has 1 atom stereocenters. The number of nitrogens with one attached hydrogen (secondary N) is 1. The van der Waals surface area contributed by atoms with Crippen LogP contribution in [0.5, 0.6) is 0 Å². The summed E-state index contributed by atoms with van der Waals surface area (Å²) in [5, 5.41) is 3.88. The monoisotopic (exact) mass is 378 g/mol. The zero-order chi connectivity index (χ0) is 19.5. The molecule has 1 aromatic heterocycles. The van der Waals surface area contributed by atoms with Gasteiger partial charge in [0.25, 0.3) is 0 Å². The number of aromatic nitrogens is 1. The van der Waals surface area contributed by atoms with Crippen LogP contribution in [0.4, 0.5) is 4.79 Å². The third kappa shape index (κ3) is 4.85. The minimum absolute atomic E-state index is 0.236. The Morgan fingerprint density at radius 3 is 2.62 bits per heavy atom. The molecular weight excluding hydrogens is 356 g/mol. The number of benzene rings is 1. The number of fused-ring (bicyclic) bond motifs is 1. The van der Waals surface area contributed by atoms with Gasteiger partial charge in [-0.2, -0.15) is 0 Å². The number of ether oxygens (including phenoxy) is 2. The van der Waals surface area contributed by atoms with E-state index in [9.17, 15) is 9.59 Å². The quantitative estimate of drug-likeness (QED) is 0.783. The zero-order valence-corrected chi connectivity index (χ0v) is 16.3. The van der Waals surface area contributed by atoms with Crippen molar-refractivity contribution < 1.29 is 19.1 Å². The SMILES string of the molecule is CCOC(=O)c1cc2cccc(Cl)c2nc1[C@H](C)NC(=O)OC(C)(C)C. The Hall–Kier alpha value is -2.34. The van der Waals surface area contributed by atoms with E-state index < -0.39 is 23.7 Å². The molecule has 0 saturated carbocycles. The van der Waals surface area contributed by atoms with Crippen molar-refractivity contribution in [1.29, 1.82) is 0 Å². The van der Waals surface area contributed by atoms with E-state index in [4.69, 9.17) is 21.1 Å². The number of nitrogens with zero attached hydrogens (tertiary/aromatic N) is 1. The molecule has 2 rings (SSSR count). The van der Waals surface area contributed by atoms with Gasteiger partial charge < -0.3 is 14.8 Å². The van der Waals surface area contributed by atoms with Gasteiger partial charge in [0.1, 0.15) is 5.60 Å². The molecule has 7 heteroatoms. The van der Waals surface area contributed by atoms with Gasteiger partial charge in [0.2, 0.25) is 0 Å². The molecule has 0 unspecified atom stereocenters. The molecule has 0 spiro atoms. The maximum absolute atomic E-state index is 12.4. The predicted octanol–water partition coefficient (Wildman–Crippen LogP) is 4.65. The predicted molar refractivity (Wildman–Crippen MR) is 100 cm³/mol. The van der Waals surface area contributed by atoms with Crippen LogP contribution in [0, 0.1) is 0 Å². The van der Waals surface area contributed by atoms with Gasteiger partial charge in [0.15, 0.2) is 0 Å². The fraction of sp³-hybridized carbons (Fsp3) is 0.421. The molecule has 0 radical (unpaired) electrons. The molecule has 2 aromatic rings. The number of alkyl carbamates (subject to hydrolysis) is 1. The van der Waals surface area contributed by atoms with Crippen molar-refractivity contribution >= 4 is 34.6 Å². The summed E-state index contributed by atoms with van der Waals surface area (Å²) >= 11 is 6.23. The van der Waals surface area contributed by atoms with Crippen LogP contribution in [0.2, 0.25) is 5.02 Å². The maximum Gasteiger partial charge on any atom is 0.408 e. The summed E-state index contributed by atoms with van der Waals surface area (Å²) in [6.45, 7) is 9.00. The first-order chi connectivity index (χ1) is 12.1. The van der Waals surface area contributed by atoms with Crippen LogP contribution in [0.15, 0.2) is 24.3 Å². The third-order valence-electron chi connectivity index (χ3n) is 3.46. The highest BCUT2D eigenvalue weighted by molar-refractivity contribution is 6.35. The number of hydrogen-bond donors (Lipinski definition) is 1. The lowest BCUT2D eigenvalue weighted by atomic mass is 10.0. The number of carbonyl (C=O) groups is 2. The molecule has 140 valence electrons. The van der Waals surface area contributed by atoms with Crippen molar-refractivity contribution in [3.05, 3.63) is 40.5 Å². The number of amides is 1. The van der Waals surface area contributed by atoms with E-state index in [1.165, 1.54) is 0 Å². The molecule has 6 nitrogen and oxygen atoms in total. The minimum Gasteiger partial charge on any atom is -0.462 e. The molecule has 1 amide bonds. The topological polar surface area (TPSA) is 77.5 Å². The van der Waals surface area contributed by atoms with Gasteiger partial charge in [-0.05, 0) is 46.8 Å². The molecule has 0 fully saturated rings. The van der Waals surface area contributed by atoms with Crippen molar-refractivity contribution in [2.45, 2.75) is 46.3 Å². The summed E-state index contributed by atoms with van der Waals surface area (Å²) in [5.41, 5.74) is 0.573. The van der Waals surface area contributed by atoms with Crippen molar-refractivity contribution in [3.63, 3.8) is 0 Å². The van der Waals surface area contributed by atoms with Gasteiger partial charge >= 0.3 is 12.1 Å². The molecule has 1 aromatic carbocycles. The van der Waals surface area contributed by atoms with Crippen molar-refractivity contribution in [3.8, 4) is 0 Å². The Morgan fingerprint density at radius 1 is 1.31 bits per heavy atom. The fourth-order valence-corrected chi connectivity index (χ4v) is 2.66. The van der Waals surface area contributed by atoms with Crippen molar-refractivity contribution in [1.82, 2.24) is 10.3 Å². The van der Waals surface area contributed by atoms with E-state index in [1.807, 2.05) is 6.07 Å². The van der Waals surface area contributed by atoms with Crippen LogP contribution in [0.1, 0.15) is 56.7 Å². The van der Waals surface area contributed by atoms with Gasteiger partial charge in [0.05, 0.1) is 34.4 Å². The van der Waals surface area contributed by atoms with Crippen LogP contribution in [-0.4, -0.2) is 29.3 Å². The summed E-state index contributed by atoms with van der Waals surface area (Å²) in [6.07, 6.45) is -0.596. The van der Waals surface area contributed by atoms with Crippen LogP contribution >= 0.6 is 11.6 Å². The van der Waals surface area contributed by atoms with E-state index in [1.54, 1.807) is 52.8 Å². The highest BCUT2D eigenvalue weighted by Gasteiger charge is 2.24. The average molecular weight is 379 g/mol. The highest BCUT2D eigenvalue weighted by Crippen LogP contribution is 2.27. The largest absolute Gasteiger partial charge is 0.462 e. The van der Waals surface area contributed by atoms with Crippen molar-refractivity contribution in [2.75, 3.05) is 6.61 Å². The van der Waals surface area contributed by atoms with E-state index in [0.717, 1.165) is 0 Å². The van der Waals surface area contributed by atoms with Crippen molar-refractivity contribution in [2.24, 2.45) is 0 Å². The lowest BCUT2D eigenvalue weighted by Gasteiger charge is -2.22. The third-order valence-corrected chi connectivity index (χ3v) is 3.77. The Kier molecular flexibility index (Phi) is 6.08. The Balaban J connectivity index is 2.45. The summed E-state index contributed by atoms with van der Waals surface area (Å²) in [4.78, 5) is 29.0. The zero-order valence-electron chi connectivity index (χ0n) is 15.6. The minimum atomic E-state index is -0.631. The Morgan fingerprint density at radius 2 is 2.00 bits per heavy atom. The van der Waals surface area contributed by atoms with Crippen LogP contribution in [-0.2, 0) is 9.47 Å². The van der Waals surface area contributed by atoms with Gasteiger partial charge in [-0.25, -0.2) is 14.6 Å². The maximum atomic E-state index is 12.4. The van der Waals surface area contributed by atoms with Crippen LogP contribution in [0.25, 0.3) is 10.9 Å². The number of para-hydroxylation sites is 1. The first kappa shape index (κ1) is 20.0. The average Bonchev–Trinajstić information content (AvgIpc) is 2.52. The molecule has 26 heavy (non-hydrogen) atoms. The normalized spacial score (nSPS) is 12.5. The smallest absolute Gasteiger partial charge is 0.408 e. The summed E-state index contributed by atoms with van der Waals surface area (Å²) in [6, 6.07) is 6.41. The number of halogens is 1. The lowest BCUT2D eigenvalue weighted by molar-refractivity contribution is 0.0488. The van der Waals surface area contributed by atoms with Gasteiger partial charge in [-0.1, -0.05) is 23.7 Å². The number of pyridine rings is 1. The molecular formula is C19H23ClN2O4. The number of esters is 1. The second-order valence-electron chi connectivity index (χ2n) is 6.82. The second kappa shape index (κ2) is 7.91. The summed E-state index contributed by atoms with van der Waals surface area (Å²) in [5.74, 6) is -0.505. The molecule has 0 aliphatic rings. The lowest BCUT2D eigenvalue weighted by Crippen LogP contribution is -2.35. The molecule has 0 bridgehead atoms. The number of carbonyl (C=O) groups excluding carboxylic acids is 2. The fourth-order valence-electron chi connectivity index (χ4n) is 2.43. The number of hydrogen-bond acceptors (Lipinski definition) is 5. The van der Waals surface area contributed by atoms with Crippen LogP contribution < -0.4 is 5.32 Å². The Labute approximate surface area is 157 Å². The molecule has 0 aliphatic heterocycles. The summed E-state index contributed by atoms with van der Waals surface area (Å²) in [7, 11) is 0. The summed E-state index contributed by atoms with van der Waals surface area (Å²) < 4.78 is 10.4.